The van der Waals surface area contributed by atoms with Crippen LogP contribution in [-0.2, 0) is 11.2 Å². The Hall–Kier alpha value is -5.44. The summed E-state index contributed by atoms with van der Waals surface area (Å²) >= 11 is 0. The van der Waals surface area contributed by atoms with Gasteiger partial charge >= 0.3 is 5.97 Å². The third kappa shape index (κ3) is 4.67. The molecule has 4 N–H and O–H groups in total. The SMILES string of the molecule is O=C1C[C@@H](c2ccccc2OCCc2ccccc2)c2c(cc(O)c3c(=O)c(O)c(-c4ccc(O)c(O)c4)oc23)O1. The zero-order valence-electron chi connectivity index (χ0n) is 21.5. The summed E-state index contributed by atoms with van der Waals surface area (Å²) in [6, 6.07) is 21.9. The molecule has 9 heteroatoms. The van der Waals surface area contributed by atoms with Crippen LogP contribution in [0.3, 0.4) is 0 Å². The smallest absolute Gasteiger partial charge is 0.312 e. The fraction of sp³-hybridized carbons (Fsp3) is 0.125. The average Bonchev–Trinajstić information content (AvgIpc) is 2.96. The van der Waals surface area contributed by atoms with Crippen molar-refractivity contribution in [1.82, 2.24) is 0 Å². The number of hydrogen-bond donors (Lipinski definition) is 4. The molecule has 0 amide bonds. The second kappa shape index (κ2) is 10.3. The summed E-state index contributed by atoms with van der Waals surface area (Å²) in [5, 5.41) is 40.9. The number of para-hydroxylation sites is 1. The Balaban J connectivity index is 1.50. The van der Waals surface area contributed by atoms with Gasteiger partial charge in [0.25, 0.3) is 0 Å². The Morgan fingerprint density at radius 3 is 2.37 bits per heavy atom. The van der Waals surface area contributed by atoms with Gasteiger partial charge in [0.05, 0.1) is 13.0 Å². The molecular weight excluding hydrogens is 528 g/mol. The number of carbonyl (C=O) groups excluding carboxylic acids is 1. The number of aromatic hydroxyl groups is 4. The highest BCUT2D eigenvalue weighted by Crippen LogP contribution is 2.48. The van der Waals surface area contributed by atoms with E-state index in [4.69, 9.17) is 13.9 Å². The molecule has 0 bridgehead atoms. The van der Waals surface area contributed by atoms with Crippen LogP contribution in [0.25, 0.3) is 22.3 Å². The quantitative estimate of drug-likeness (QED) is 0.124. The van der Waals surface area contributed by atoms with Crippen molar-refractivity contribution < 1.29 is 39.1 Å². The van der Waals surface area contributed by atoms with E-state index in [1.807, 2.05) is 36.4 Å². The number of fused-ring (bicyclic) bond motifs is 3. The monoisotopic (exact) mass is 552 g/mol. The number of phenols is 3. The summed E-state index contributed by atoms with van der Waals surface area (Å²) < 4.78 is 17.7. The van der Waals surface area contributed by atoms with Gasteiger partial charge in [0.15, 0.2) is 17.3 Å². The van der Waals surface area contributed by atoms with Crippen LogP contribution in [0.2, 0.25) is 0 Å². The maximum Gasteiger partial charge on any atom is 0.312 e. The first-order valence-corrected chi connectivity index (χ1v) is 12.9. The molecule has 41 heavy (non-hydrogen) atoms. The van der Waals surface area contributed by atoms with Crippen molar-refractivity contribution in [2.24, 2.45) is 0 Å². The van der Waals surface area contributed by atoms with Crippen molar-refractivity contribution in [1.29, 1.82) is 0 Å². The van der Waals surface area contributed by atoms with Gasteiger partial charge in [-0.2, -0.15) is 0 Å². The fourth-order valence-electron chi connectivity index (χ4n) is 5.13. The minimum atomic E-state index is -0.919. The topological polar surface area (TPSA) is 147 Å². The summed E-state index contributed by atoms with van der Waals surface area (Å²) in [5.74, 6) is -3.23. The molecule has 1 aliphatic heterocycles. The lowest BCUT2D eigenvalue weighted by atomic mass is 9.84. The first-order chi connectivity index (χ1) is 19.8. The molecule has 0 saturated heterocycles. The minimum Gasteiger partial charge on any atom is -0.507 e. The molecule has 9 nitrogen and oxygen atoms in total. The van der Waals surface area contributed by atoms with Crippen molar-refractivity contribution in [2.45, 2.75) is 18.8 Å². The molecule has 0 spiro atoms. The van der Waals surface area contributed by atoms with Gasteiger partial charge in [-0.3, -0.25) is 9.59 Å². The summed E-state index contributed by atoms with van der Waals surface area (Å²) in [5.41, 5.74) is 1.15. The van der Waals surface area contributed by atoms with Crippen molar-refractivity contribution in [2.75, 3.05) is 6.61 Å². The molecule has 206 valence electrons. The van der Waals surface area contributed by atoms with Crippen LogP contribution >= 0.6 is 0 Å². The third-order valence-electron chi connectivity index (χ3n) is 7.09. The standard InChI is InChI=1S/C32H24O9/c33-21-11-10-18(14-22(21)34)31-30(38)29(37)28-23(35)16-25-27(32(28)41-31)20(15-26(36)40-25)19-8-4-5-9-24(19)39-13-12-17-6-2-1-3-7-17/h1-11,14,16,20,33-35,38H,12-13,15H2/t20-/m0/s1. The van der Waals surface area contributed by atoms with E-state index in [1.165, 1.54) is 12.1 Å². The van der Waals surface area contributed by atoms with Crippen LogP contribution in [0.5, 0.6) is 34.5 Å². The molecule has 0 fully saturated rings. The van der Waals surface area contributed by atoms with Gasteiger partial charge in [-0.15, -0.1) is 0 Å². The van der Waals surface area contributed by atoms with Gasteiger partial charge in [-0.25, -0.2) is 0 Å². The molecular formula is C32H24O9. The Morgan fingerprint density at radius 1 is 0.829 bits per heavy atom. The molecule has 0 saturated carbocycles. The van der Waals surface area contributed by atoms with E-state index in [9.17, 15) is 30.0 Å². The van der Waals surface area contributed by atoms with E-state index in [0.717, 1.165) is 17.7 Å². The molecule has 5 aromatic rings. The molecule has 0 unspecified atom stereocenters. The predicted molar refractivity (Wildman–Crippen MR) is 149 cm³/mol. The Bertz CT molecular complexity index is 1860. The lowest BCUT2D eigenvalue weighted by molar-refractivity contribution is -0.135. The average molecular weight is 553 g/mol. The van der Waals surface area contributed by atoms with Crippen LogP contribution in [0.4, 0.5) is 0 Å². The molecule has 1 atom stereocenters. The van der Waals surface area contributed by atoms with Gasteiger partial charge in [0.2, 0.25) is 11.2 Å². The number of ether oxygens (including phenoxy) is 2. The first kappa shape index (κ1) is 25.8. The van der Waals surface area contributed by atoms with E-state index in [1.54, 1.807) is 18.2 Å². The largest absolute Gasteiger partial charge is 0.507 e. The van der Waals surface area contributed by atoms with Crippen LogP contribution in [0.1, 0.15) is 29.0 Å². The normalized spacial score (nSPS) is 14.4. The summed E-state index contributed by atoms with van der Waals surface area (Å²) in [6.07, 6.45) is 0.554. The molecule has 4 aromatic carbocycles. The number of rotatable bonds is 6. The summed E-state index contributed by atoms with van der Waals surface area (Å²) in [4.78, 5) is 26.0. The van der Waals surface area contributed by atoms with Crippen molar-refractivity contribution in [3.63, 3.8) is 0 Å². The number of phenolic OH excluding ortho intramolecular Hbond substituents is 3. The van der Waals surface area contributed by atoms with Gasteiger partial charge in [-0.05, 0) is 29.8 Å². The zero-order valence-corrected chi connectivity index (χ0v) is 21.5. The molecule has 1 aliphatic rings. The van der Waals surface area contributed by atoms with Crippen LogP contribution in [0, 0.1) is 0 Å². The molecule has 0 radical (unpaired) electrons. The third-order valence-corrected chi connectivity index (χ3v) is 7.09. The number of hydrogen-bond acceptors (Lipinski definition) is 9. The summed E-state index contributed by atoms with van der Waals surface area (Å²) in [6.45, 7) is 0.374. The van der Waals surface area contributed by atoms with E-state index in [-0.39, 0.29) is 34.5 Å². The van der Waals surface area contributed by atoms with Gasteiger partial charge in [0.1, 0.15) is 28.2 Å². The highest BCUT2D eigenvalue weighted by Gasteiger charge is 2.35. The molecule has 0 aliphatic carbocycles. The highest BCUT2D eigenvalue weighted by atomic mass is 16.5. The van der Waals surface area contributed by atoms with Crippen molar-refractivity contribution in [3.8, 4) is 45.8 Å². The second-order valence-corrected chi connectivity index (χ2v) is 9.68. The van der Waals surface area contributed by atoms with Crippen molar-refractivity contribution >= 4 is 16.9 Å². The molecule has 2 heterocycles. The first-order valence-electron chi connectivity index (χ1n) is 12.9. The van der Waals surface area contributed by atoms with E-state index in [0.29, 0.717) is 29.9 Å². The lowest BCUT2D eigenvalue weighted by Crippen LogP contribution is -2.22. The molecule has 1 aromatic heterocycles. The summed E-state index contributed by atoms with van der Waals surface area (Å²) in [7, 11) is 0. The zero-order chi connectivity index (χ0) is 28.7. The second-order valence-electron chi connectivity index (χ2n) is 9.68. The Labute approximate surface area is 233 Å². The fourth-order valence-corrected chi connectivity index (χ4v) is 5.13. The number of esters is 1. The lowest BCUT2D eigenvalue weighted by Gasteiger charge is -2.27. The predicted octanol–water partition coefficient (Wildman–Crippen LogP) is 5.34. The Morgan fingerprint density at radius 2 is 1.59 bits per heavy atom. The van der Waals surface area contributed by atoms with Crippen LogP contribution in [0.15, 0.2) is 88.1 Å². The molecule has 6 rings (SSSR count). The highest BCUT2D eigenvalue weighted by molar-refractivity contribution is 5.94. The number of carbonyl (C=O) groups is 1. The number of benzene rings is 4. The maximum atomic E-state index is 13.3. The maximum absolute atomic E-state index is 13.3. The van der Waals surface area contributed by atoms with Gasteiger partial charge < -0.3 is 34.3 Å². The van der Waals surface area contributed by atoms with E-state index in [2.05, 4.69) is 0 Å². The van der Waals surface area contributed by atoms with Crippen molar-refractivity contribution in [3.05, 3.63) is 106 Å². The minimum absolute atomic E-state index is 0.00341. The van der Waals surface area contributed by atoms with Crippen LogP contribution < -0.4 is 14.9 Å². The Kier molecular flexibility index (Phi) is 6.47. The van der Waals surface area contributed by atoms with E-state index < -0.39 is 40.3 Å². The van der Waals surface area contributed by atoms with Gasteiger partial charge in [0, 0.05) is 35.1 Å². The van der Waals surface area contributed by atoms with Crippen LogP contribution in [-0.4, -0.2) is 33.0 Å². The van der Waals surface area contributed by atoms with E-state index >= 15 is 0 Å². The van der Waals surface area contributed by atoms with Gasteiger partial charge in [-0.1, -0.05) is 48.5 Å².